The van der Waals surface area contributed by atoms with Crippen LogP contribution in [-0.2, 0) is 38.2 Å². The van der Waals surface area contributed by atoms with Crippen LogP contribution in [0.15, 0.2) is 314 Å². The molecule has 1 amide bonds. The molecule has 490 valence electrons. The molecule has 4 aromatic heterocycles. The lowest BCUT2D eigenvalue weighted by Crippen LogP contribution is -2.38. The van der Waals surface area contributed by atoms with E-state index < -0.39 is 17.0 Å². The van der Waals surface area contributed by atoms with E-state index in [1.165, 1.54) is 31.4 Å². The van der Waals surface area contributed by atoms with Gasteiger partial charge in [0.2, 0.25) is 0 Å². The maximum Gasteiger partial charge on any atom is 0.352 e. The Balaban J connectivity index is 0.000000151. The SMILES string of the molecule is COC(=O)C1=Nc2cc3c(-c4ccncc4)nn(C(c4ccccc4)(c4ccccc4)c4ccccc4)c3cc2C1.C[C@@H](N)c1cccc(F)c1.C[C@@H](NC(=O)C1=Nc2cc3c(-c4ccncc4)nn(C(c4ccccc4)(c4ccccc4)c4ccccc4)c3cc2C1)c1cccc(F)c1. The molecule has 2 aliphatic rings. The highest BCUT2D eigenvalue weighted by molar-refractivity contribution is 6.41. The monoisotopic (exact) mass is 1310 g/mol. The van der Waals surface area contributed by atoms with E-state index in [1.807, 2.05) is 92.7 Å². The Morgan fingerprint density at radius 3 is 1.15 bits per heavy atom. The Bertz CT molecular complexity index is 5120. The smallest absolute Gasteiger partial charge is 0.352 e. The van der Waals surface area contributed by atoms with Crippen molar-refractivity contribution in [2.24, 2.45) is 15.7 Å². The summed E-state index contributed by atoms with van der Waals surface area (Å²) in [5.41, 5.74) is 21.3. The number of esters is 1. The summed E-state index contributed by atoms with van der Waals surface area (Å²) in [5, 5.41) is 15.8. The first-order chi connectivity index (χ1) is 48.9. The van der Waals surface area contributed by atoms with E-state index in [2.05, 4.69) is 187 Å². The van der Waals surface area contributed by atoms with Crippen molar-refractivity contribution in [1.29, 1.82) is 0 Å². The van der Waals surface area contributed by atoms with Crippen LogP contribution in [0.1, 0.15) is 81.6 Å². The van der Waals surface area contributed by atoms with Crippen LogP contribution in [0.2, 0.25) is 0 Å². The molecule has 0 aliphatic carbocycles. The molecule has 13 nitrogen and oxygen atoms in total. The summed E-state index contributed by atoms with van der Waals surface area (Å²) in [6.45, 7) is 3.67. The third kappa shape index (κ3) is 12.5. The lowest BCUT2D eigenvalue weighted by Gasteiger charge is -2.37. The minimum Gasteiger partial charge on any atom is -0.465 e. The first-order valence-corrected chi connectivity index (χ1v) is 33.0. The quantitative estimate of drug-likeness (QED) is 0.0755. The number of ether oxygens (including phenoxy) is 1. The van der Waals surface area contributed by atoms with Gasteiger partial charge in [0.25, 0.3) is 5.91 Å². The number of pyridine rings is 2. The van der Waals surface area contributed by atoms with E-state index >= 15 is 0 Å². The van der Waals surface area contributed by atoms with Gasteiger partial charge < -0.3 is 15.8 Å². The number of rotatable bonds is 15. The van der Waals surface area contributed by atoms with E-state index in [4.69, 9.17) is 25.7 Å². The average Bonchev–Trinajstić information content (AvgIpc) is 1.49. The molecule has 14 aromatic rings. The molecule has 2 atom stereocenters. The molecule has 0 spiro atoms. The summed E-state index contributed by atoms with van der Waals surface area (Å²) in [4.78, 5) is 43.9. The largest absolute Gasteiger partial charge is 0.465 e. The molecule has 0 radical (unpaired) electrons. The molecule has 0 unspecified atom stereocenters. The molecule has 0 fully saturated rings. The number of aliphatic imine (C=N–C) groups is 2. The zero-order valence-corrected chi connectivity index (χ0v) is 55.1. The van der Waals surface area contributed by atoms with Crippen molar-refractivity contribution in [3.8, 4) is 22.5 Å². The van der Waals surface area contributed by atoms with Gasteiger partial charge in [0.05, 0.1) is 35.6 Å². The summed E-state index contributed by atoms with van der Waals surface area (Å²) >= 11 is 0. The molecule has 0 bridgehead atoms. The number of carbonyl (C=O) groups excluding carboxylic acids is 2. The zero-order chi connectivity index (χ0) is 68.7. The molecule has 0 saturated carbocycles. The number of halogens is 2. The van der Waals surface area contributed by atoms with Gasteiger partial charge in [-0.05, 0) is 142 Å². The Labute approximate surface area is 577 Å². The fraction of sp³-hybridized carbons (Fsp3) is 0.106. The van der Waals surface area contributed by atoms with Gasteiger partial charge in [-0.15, -0.1) is 0 Å². The van der Waals surface area contributed by atoms with Crippen LogP contribution in [0.3, 0.4) is 0 Å². The minimum absolute atomic E-state index is 0.0873. The van der Waals surface area contributed by atoms with Crippen molar-refractivity contribution in [1.82, 2.24) is 34.8 Å². The third-order valence-corrected chi connectivity index (χ3v) is 18.4. The number of nitrogens with two attached hydrogens (primary N) is 1. The van der Waals surface area contributed by atoms with Gasteiger partial charge in [0.15, 0.2) is 0 Å². The number of methoxy groups -OCH3 is 1. The highest BCUT2D eigenvalue weighted by Gasteiger charge is 2.43. The first-order valence-electron chi connectivity index (χ1n) is 33.0. The van der Waals surface area contributed by atoms with Crippen LogP contribution in [0.5, 0.6) is 0 Å². The van der Waals surface area contributed by atoms with Crippen molar-refractivity contribution in [2.75, 3.05) is 7.11 Å². The number of hydrogen-bond donors (Lipinski definition) is 2. The molecule has 0 saturated heterocycles. The van der Waals surface area contributed by atoms with Gasteiger partial charge >= 0.3 is 5.97 Å². The predicted molar refractivity (Wildman–Crippen MR) is 391 cm³/mol. The van der Waals surface area contributed by atoms with Gasteiger partial charge in [-0.2, -0.15) is 10.2 Å². The Kier molecular flexibility index (Phi) is 18.4. The summed E-state index contributed by atoms with van der Waals surface area (Å²) in [6.07, 6.45) is 7.86. The number of carbonyl (C=O) groups is 2. The molecule has 10 aromatic carbocycles. The fourth-order valence-electron chi connectivity index (χ4n) is 13.7. The number of aromatic nitrogens is 6. The van der Waals surface area contributed by atoms with Crippen LogP contribution in [-0.4, -0.2) is 59.9 Å². The molecular weight excluding hydrogens is 1250 g/mol. The second-order valence-electron chi connectivity index (χ2n) is 24.7. The van der Waals surface area contributed by atoms with E-state index in [0.29, 0.717) is 29.8 Å². The number of hydrogen-bond acceptors (Lipinski definition) is 10. The molecule has 15 heteroatoms. The van der Waals surface area contributed by atoms with Crippen LogP contribution in [0.4, 0.5) is 20.2 Å². The minimum atomic E-state index is -0.846. The molecular formula is C85H68F2N10O3. The number of benzene rings is 10. The van der Waals surface area contributed by atoms with Gasteiger partial charge in [-0.25, -0.2) is 32.9 Å². The van der Waals surface area contributed by atoms with Crippen LogP contribution in [0, 0.1) is 11.6 Å². The second kappa shape index (κ2) is 28.3. The molecule has 100 heavy (non-hydrogen) atoms. The molecule has 2 aliphatic heterocycles. The van der Waals surface area contributed by atoms with Crippen molar-refractivity contribution in [2.45, 2.75) is 49.9 Å². The topological polar surface area (TPSA) is 168 Å². The van der Waals surface area contributed by atoms with E-state index in [1.54, 1.807) is 43.0 Å². The Hall–Kier alpha value is -12.5. The number of nitrogens with zero attached hydrogens (tertiary/aromatic N) is 8. The van der Waals surface area contributed by atoms with Crippen molar-refractivity contribution >= 4 is 56.5 Å². The fourth-order valence-corrected chi connectivity index (χ4v) is 13.7. The summed E-state index contributed by atoms with van der Waals surface area (Å²) in [6, 6.07) is 91.2. The van der Waals surface area contributed by atoms with Crippen LogP contribution < -0.4 is 11.1 Å². The van der Waals surface area contributed by atoms with Gasteiger partial charge in [0.1, 0.15) is 45.5 Å². The van der Waals surface area contributed by atoms with E-state index in [9.17, 15) is 18.4 Å². The third-order valence-electron chi connectivity index (χ3n) is 18.4. The lowest BCUT2D eigenvalue weighted by atomic mass is 9.77. The number of amides is 1. The molecule has 6 heterocycles. The van der Waals surface area contributed by atoms with Crippen molar-refractivity contribution < 1.29 is 23.1 Å². The average molecular weight is 1320 g/mol. The lowest BCUT2D eigenvalue weighted by molar-refractivity contribution is -0.132. The van der Waals surface area contributed by atoms with Gasteiger partial charge in [-0.3, -0.25) is 14.8 Å². The van der Waals surface area contributed by atoms with E-state index in [-0.39, 0.29) is 29.6 Å². The standard InChI is InChI=1S/C42H32FN5O.C35H26N4O2.C8H10FN/c1-28(30-12-11-19-35(43)24-30)45-41(49)38-25-31-26-39-36(27-37(31)46-38)40(29-20-22-44-23-21-29)47-48(39)42(32-13-5-2-6-14-32,33-15-7-3-8-16-33)34-17-9-4-10-18-34;1-41-34(40)31-21-25-22-32-29(23-30(25)37-31)33(24-17-19-36-20-18-24)38-39(32)35(26-11-5-2-6-12-26,27-13-7-3-8-14-27)28-15-9-4-10-16-28;1-6(10)7-3-2-4-8(9)5-7/h2-24,26-28H,25H2,1H3,(H,45,49);2-20,22-23H,21H2,1H3;2-6H,10H2,1H3/t28-;;6-/m1.1/s1. The summed E-state index contributed by atoms with van der Waals surface area (Å²) < 4.78 is 35.7. The normalized spacial score (nSPS) is 12.9. The second-order valence-corrected chi connectivity index (χ2v) is 24.7. The van der Waals surface area contributed by atoms with Crippen LogP contribution >= 0.6 is 0 Å². The number of nitrogens with one attached hydrogen (secondary N) is 1. The molecule has 16 rings (SSSR count). The van der Waals surface area contributed by atoms with Gasteiger partial charge in [0, 0.05) is 65.6 Å². The van der Waals surface area contributed by atoms with Crippen molar-refractivity contribution in [3.05, 3.63) is 371 Å². The van der Waals surface area contributed by atoms with Gasteiger partial charge in [-0.1, -0.05) is 206 Å². The van der Waals surface area contributed by atoms with Crippen molar-refractivity contribution in [3.63, 3.8) is 0 Å². The highest BCUT2D eigenvalue weighted by atomic mass is 19.1. The maximum atomic E-state index is 13.9. The first kappa shape index (κ1) is 64.9. The summed E-state index contributed by atoms with van der Waals surface area (Å²) in [7, 11) is 1.39. The van der Waals surface area contributed by atoms with E-state index in [0.717, 1.165) is 106 Å². The number of fused-ring (bicyclic) bond motifs is 4. The highest BCUT2D eigenvalue weighted by Crippen LogP contribution is 2.48. The molecule has 3 N–H and O–H groups in total. The Morgan fingerprint density at radius 2 is 0.800 bits per heavy atom. The maximum absolute atomic E-state index is 13.9. The zero-order valence-electron chi connectivity index (χ0n) is 55.1. The predicted octanol–water partition coefficient (Wildman–Crippen LogP) is 17.2. The Morgan fingerprint density at radius 1 is 0.450 bits per heavy atom. The summed E-state index contributed by atoms with van der Waals surface area (Å²) in [5.74, 6) is -1.25. The van der Waals surface area contributed by atoms with Crippen LogP contribution in [0.25, 0.3) is 44.3 Å².